The topological polar surface area (TPSA) is 110 Å². The molecule has 0 saturated heterocycles. The summed E-state index contributed by atoms with van der Waals surface area (Å²) in [4.78, 5) is 25.5. The number of thioether (sulfide) groups is 1. The second-order valence-electron chi connectivity index (χ2n) is 5.99. The van der Waals surface area contributed by atoms with Gasteiger partial charge in [-0.3, -0.25) is 32.1 Å². The Morgan fingerprint density at radius 2 is 1.54 bits per heavy atom. The summed E-state index contributed by atoms with van der Waals surface area (Å²) in [5, 5.41) is 0. The highest BCUT2D eigenvalue weighted by Gasteiger charge is 2.12. The molecule has 0 saturated carbocycles. The summed E-state index contributed by atoms with van der Waals surface area (Å²) in [6, 6.07) is 14.9. The number of hydrogen-bond acceptors (Lipinski definition) is 5. The lowest BCUT2D eigenvalue weighted by atomic mass is 10.1. The Morgan fingerprint density at radius 3 is 2.18 bits per heavy atom. The molecular weight excluding hydrogens is 372 g/mol. The molecule has 6 nitrogen and oxygen atoms in total. The highest BCUT2D eigenvalue weighted by Crippen LogP contribution is 2.21. The molecule has 0 spiro atoms. The standard InChI is InChI=1S/C21H26N2O2S.H4N2/c1-3-5-6-9-16-12-14-17(15-13-16)20(24)22-23-21(25)18-10-7-8-11-19(18)26-4-2;1-2/h7-8,10-15H,3-6,9H2,1-2H3,(H,22,24)(H,23,25);1-2H2. The molecule has 2 aromatic carbocycles. The number of hydrazine groups is 2. The zero-order valence-electron chi connectivity index (χ0n) is 16.5. The van der Waals surface area contributed by atoms with Crippen LogP contribution in [0.15, 0.2) is 53.4 Å². The van der Waals surface area contributed by atoms with Gasteiger partial charge in [0, 0.05) is 10.5 Å². The summed E-state index contributed by atoms with van der Waals surface area (Å²) in [7, 11) is 0. The summed E-state index contributed by atoms with van der Waals surface area (Å²) in [6.07, 6.45) is 4.60. The first-order valence-electron chi connectivity index (χ1n) is 9.40. The fourth-order valence-corrected chi connectivity index (χ4v) is 3.39. The van der Waals surface area contributed by atoms with Crippen LogP contribution < -0.4 is 22.5 Å². The molecule has 152 valence electrons. The number of unbranched alkanes of at least 4 members (excludes halogenated alkanes) is 2. The molecule has 7 heteroatoms. The minimum Gasteiger partial charge on any atom is -0.274 e. The molecule has 28 heavy (non-hydrogen) atoms. The summed E-state index contributed by atoms with van der Waals surface area (Å²) in [5.41, 5.74) is 7.31. The van der Waals surface area contributed by atoms with Crippen LogP contribution in [0.5, 0.6) is 0 Å². The molecule has 0 aliphatic heterocycles. The Balaban J connectivity index is 0.00000190. The van der Waals surface area contributed by atoms with Crippen LogP contribution in [-0.4, -0.2) is 17.6 Å². The molecule has 2 aromatic rings. The van der Waals surface area contributed by atoms with Crippen molar-refractivity contribution < 1.29 is 9.59 Å². The minimum absolute atomic E-state index is 0.314. The lowest BCUT2D eigenvalue weighted by molar-refractivity contribution is 0.0845. The number of benzene rings is 2. The van der Waals surface area contributed by atoms with Crippen LogP contribution in [0.3, 0.4) is 0 Å². The van der Waals surface area contributed by atoms with E-state index in [2.05, 4.69) is 29.5 Å². The van der Waals surface area contributed by atoms with E-state index in [-0.39, 0.29) is 11.8 Å². The zero-order valence-corrected chi connectivity index (χ0v) is 17.4. The Bertz CT molecular complexity index is 735. The highest BCUT2D eigenvalue weighted by atomic mass is 32.2. The zero-order chi connectivity index (χ0) is 20.8. The number of aryl methyl sites for hydroxylation is 1. The third-order valence-electron chi connectivity index (χ3n) is 4.01. The van der Waals surface area contributed by atoms with E-state index in [0.29, 0.717) is 11.1 Å². The van der Waals surface area contributed by atoms with Crippen LogP contribution in [0, 0.1) is 0 Å². The number of nitrogens with two attached hydrogens (primary N) is 2. The van der Waals surface area contributed by atoms with E-state index in [1.54, 1.807) is 30.0 Å². The Labute approximate surface area is 171 Å². The minimum atomic E-state index is -0.320. The smallest absolute Gasteiger partial charge is 0.270 e. The number of hydrogen-bond donors (Lipinski definition) is 4. The Kier molecular flexibility index (Phi) is 11.6. The lowest BCUT2D eigenvalue weighted by Crippen LogP contribution is -2.41. The van der Waals surface area contributed by atoms with Crippen LogP contribution in [0.2, 0.25) is 0 Å². The van der Waals surface area contributed by atoms with Gasteiger partial charge in [0.15, 0.2) is 0 Å². The number of carbonyl (C=O) groups is 2. The average molecular weight is 403 g/mol. The van der Waals surface area contributed by atoms with Crippen molar-refractivity contribution in [3.8, 4) is 0 Å². The summed E-state index contributed by atoms with van der Waals surface area (Å²) < 4.78 is 0. The van der Waals surface area contributed by atoms with Gasteiger partial charge in [0.1, 0.15) is 0 Å². The molecule has 2 rings (SSSR count). The fraction of sp³-hybridized carbons (Fsp3) is 0.333. The van der Waals surface area contributed by atoms with Crippen molar-refractivity contribution in [1.29, 1.82) is 0 Å². The molecular formula is C21H30N4O2S. The fourth-order valence-electron chi connectivity index (χ4n) is 2.59. The van der Waals surface area contributed by atoms with Gasteiger partial charge in [0.05, 0.1) is 5.56 Å². The van der Waals surface area contributed by atoms with E-state index < -0.39 is 0 Å². The van der Waals surface area contributed by atoms with Gasteiger partial charge in [-0.1, -0.05) is 51.0 Å². The van der Waals surface area contributed by atoms with Crippen molar-refractivity contribution in [2.45, 2.75) is 44.4 Å². The summed E-state index contributed by atoms with van der Waals surface area (Å²) in [5.74, 6) is 8.24. The Morgan fingerprint density at radius 1 is 0.893 bits per heavy atom. The quantitative estimate of drug-likeness (QED) is 0.234. The summed E-state index contributed by atoms with van der Waals surface area (Å²) >= 11 is 1.60. The molecule has 0 atom stereocenters. The first-order valence-corrected chi connectivity index (χ1v) is 10.4. The van der Waals surface area contributed by atoms with Crippen molar-refractivity contribution >= 4 is 23.6 Å². The van der Waals surface area contributed by atoms with E-state index in [9.17, 15) is 9.59 Å². The van der Waals surface area contributed by atoms with E-state index in [1.807, 2.05) is 37.3 Å². The van der Waals surface area contributed by atoms with E-state index >= 15 is 0 Å². The normalized spacial score (nSPS) is 9.86. The van der Waals surface area contributed by atoms with Crippen LogP contribution in [0.1, 0.15) is 59.4 Å². The number of rotatable bonds is 8. The van der Waals surface area contributed by atoms with Crippen molar-refractivity contribution in [3.63, 3.8) is 0 Å². The molecule has 0 aromatic heterocycles. The van der Waals surface area contributed by atoms with E-state index in [1.165, 1.54) is 18.4 Å². The molecule has 0 aliphatic rings. The monoisotopic (exact) mass is 402 g/mol. The average Bonchev–Trinajstić information content (AvgIpc) is 2.74. The SMILES string of the molecule is CCCCCc1ccc(C(=O)NNC(=O)c2ccccc2SCC)cc1.NN. The maximum Gasteiger partial charge on any atom is 0.270 e. The van der Waals surface area contributed by atoms with Crippen LogP contribution >= 0.6 is 11.8 Å². The van der Waals surface area contributed by atoms with Crippen molar-refractivity contribution in [2.24, 2.45) is 11.7 Å². The van der Waals surface area contributed by atoms with Crippen LogP contribution in [-0.2, 0) is 6.42 Å². The van der Waals surface area contributed by atoms with Gasteiger partial charge in [0.2, 0.25) is 0 Å². The van der Waals surface area contributed by atoms with E-state index in [4.69, 9.17) is 0 Å². The van der Waals surface area contributed by atoms with Crippen LogP contribution in [0.4, 0.5) is 0 Å². The molecule has 2 amide bonds. The molecule has 0 heterocycles. The first kappa shape index (κ1) is 23.7. The largest absolute Gasteiger partial charge is 0.274 e. The lowest BCUT2D eigenvalue weighted by Gasteiger charge is -2.10. The number of amides is 2. The van der Waals surface area contributed by atoms with Crippen molar-refractivity contribution in [1.82, 2.24) is 10.9 Å². The molecule has 0 fully saturated rings. The van der Waals surface area contributed by atoms with Crippen molar-refractivity contribution in [2.75, 3.05) is 5.75 Å². The number of carbonyl (C=O) groups excluding carboxylic acids is 2. The Hall–Kier alpha value is -2.35. The summed E-state index contributed by atoms with van der Waals surface area (Å²) in [6.45, 7) is 4.22. The van der Waals surface area contributed by atoms with Gasteiger partial charge in [0.25, 0.3) is 11.8 Å². The van der Waals surface area contributed by atoms with Gasteiger partial charge in [-0.15, -0.1) is 11.8 Å². The third kappa shape index (κ3) is 7.72. The van der Waals surface area contributed by atoms with Crippen molar-refractivity contribution in [3.05, 3.63) is 65.2 Å². The molecule has 0 bridgehead atoms. The molecule has 0 radical (unpaired) electrons. The second kappa shape index (κ2) is 13.8. The van der Waals surface area contributed by atoms with Gasteiger partial charge in [-0.05, 0) is 48.4 Å². The molecule has 6 N–H and O–H groups in total. The second-order valence-corrected chi connectivity index (χ2v) is 7.30. The van der Waals surface area contributed by atoms with Gasteiger partial charge in [-0.25, -0.2) is 0 Å². The first-order chi connectivity index (χ1) is 13.7. The maximum absolute atomic E-state index is 12.3. The van der Waals surface area contributed by atoms with Gasteiger partial charge in [-0.2, -0.15) is 0 Å². The molecule has 0 aliphatic carbocycles. The predicted molar refractivity (Wildman–Crippen MR) is 116 cm³/mol. The maximum atomic E-state index is 12.3. The van der Waals surface area contributed by atoms with E-state index in [0.717, 1.165) is 23.5 Å². The third-order valence-corrected chi connectivity index (χ3v) is 4.96. The highest BCUT2D eigenvalue weighted by molar-refractivity contribution is 7.99. The van der Waals surface area contributed by atoms with Gasteiger partial charge < -0.3 is 0 Å². The predicted octanol–water partition coefficient (Wildman–Crippen LogP) is 3.42. The van der Waals surface area contributed by atoms with Gasteiger partial charge >= 0.3 is 0 Å². The molecule has 0 unspecified atom stereocenters. The van der Waals surface area contributed by atoms with Crippen LogP contribution in [0.25, 0.3) is 0 Å². The number of nitrogens with one attached hydrogen (secondary N) is 2.